The molecular weight excluding hydrogens is 336 g/mol. The molecule has 2 rings (SSSR count). The first kappa shape index (κ1) is 19.1. The molecular formula is C19H20N2O5. The molecule has 0 aliphatic rings. The Labute approximate surface area is 150 Å². The zero-order valence-electron chi connectivity index (χ0n) is 14.7. The molecule has 7 nitrogen and oxygen atoms in total. The minimum atomic E-state index is -0.814. The summed E-state index contributed by atoms with van der Waals surface area (Å²) in [7, 11) is 0. The van der Waals surface area contributed by atoms with Crippen LogP contribution in [0.5, 0.6) is 0 Å². The highest BCUT2D eigenvalue weighted by Crippen LogP contribution is 2.23. The van der Waals surface area contributed by atoms with Crippen LogP contribution in [0.3, 0.4) is 0 Å². The van der Waals surface area contributed by atoms with Crippen molar-refractivity contribution in [1.29, 1.82) is 0 Å². The summed E-state index contributed by atoms with van der Waals surface area (Å²) >= 11 is 0. The minimum absolute atomic E-state index is 0.0308. The summed E-state index contributed by atoms with van der Waals surface area (Å²) in [6, 6.07) is 9.30. The molecule has 0 saturated carbocycles. The molecule has 0 aromatic heterocycles. The second kappa shape index (κ2) is 8.24. The van der Waals surface area contributed by atoms with E-state index in [0.717, 1.165) is 23.6 Å². The van der Waals surface area contributed by atoms with Crippen molar-refractivity contribution in [3.05, 3.63) is 68.8 Å². The van der Waals surface area contributed by atoms with E-state index in [-0.39, 0.29) is 22.7 Å². The number of ketones is 1. The summed E-state index contributed by atoms with van der Waals surface area (Å²) in [6.45, 7) is 3.50. The zero-order chi connectivity index (χ0) is 19.3. The molecule has 0 heterocycles. The smallest absolute Gasteiger partial charge is 0.338 e. The van der Waals surface area contributed by atoms with E-state index in [1.807, 2.05) is 32.0 Å². The number of nitrogens with zero attached hydrogens (tertiary/aromatic N) is 1. The van der Waals surface area contributed by atoms with E-state index in [1.165, 1.54) is 12.1 Å². The van der Waals surface area contributed by atoms with Gasteiger partial charge in [0.2, 0.25) is 5.78 Å². The highest BCUT2D eigenvalue weighted by atomic mass is 16.6. The Morgan fingerprint density at radius 2 is 1.85 bits per heavy atom. The Hall–Kier alpha value is -3.22. The van der Waals surface area contributed by atoms with Gasteiger partial charge >= 0.3 is 5.97 Å². The molecule has 0 radical (unpaired) electrons. The third-order valence-electron chi connectivity index (χ3n) is 4.06. The van der Waals surface area contributed by atoms with Crippen molar-refractivity contribution in [3.63, 3.8) is 0 Å². The van der Waals surface area contributed by atoms with Crippen LogP contribution in [-0.4, -0.2) is 23.3 Å². The Bertz CT molecular complexity index is 861. The number of nitrogen functional groups attached to an aromatic ring is 1. The van der Waals surface area contributed by atoms with E-state index >= 15 is 0 Å². The van der Waals surface area contributed by atoms with Gasteiger partial charge in [0.1, 0.15) is 5.69 Å². The van der Waals surface area contributed by atoms with Crippen molar-refractivity contribution in [1.82, 2.24) is 0 Å². The van der Waals surface area contributed by atoms with Crippen molar-refractivity contribution in [2.75, 3.05) is 12.3 Å². The zero-order valence-corrected chi connectivity index (χ0v) is 14.7. The van der Waals surface area contributed by atoms with Crippen molar-refractivity contribution in [2.45, 2.75) is 26.7 Å². The van der Waals surface area contributed by atoms with Gasteiger partial charge in [-0.2, -0.15) is 0 Å². The average molecular weight is 356 g/mol. The lowest BCUT2D eigenvalue weighted by Gasteiger charge is -2.10. The second-order valence-corrected chi connectivity index (χ2v) is 5.73. The Kier molecular flexibility index (Phi) is 6.06. The van der Waals surface area contributed by atoms with Crippen LogP contribution in [0, 0.1) is 10.1 Å². The topological polar surface area (TPSA) is 113 Å². The van der Waals surface area contributed by atoms with Gasteiger partial charge in [0.05, 0.1) is 10.5 Å². The van der Waals surface area contributed by atoms with Gasteiger partial charge in [-0.25, -0.2) is 4.79 Å². The van der Waals surface area contributed by atoms with Crippen LogP contribution in [0.2, 0.25) is 0 Å². The molecule has 0 fully saturated rings. The summed E-state index contributed by atoms with van der Waals surface area (Å²) in [4.78, 5) is 34.8. The summed E-state index contributed by atoms with van der Waals surface area (Å²) in [5, 5.41) is 10.9. The fraction of sp³-hybridized carbons (Fsp3) is 0.263. The first-order valence-electron chi connectivity index (χ1n) is 8.23. The number of carbonyl (C=O) groups excluding carboxylic acids is 2. The monoisotopic (exact) mass is 356 g/mol. The summed E-state index contributed by atoms with van der Waals surface area (Å²) in [6.07, 6.45) is 1.47. The van der Waals surface area contributed by atoms with Gasteiger partial charge in [0.25, 0.3) is 5.69 Å². The molecule has 0 amide bonds. The fourth-order valence-electron chi connectivity index (χ4n) is 2.53. The minimum Gasteiger partial charge on any atom is -0.454 e. The number of Topliss-reactive ketones (excluding diaryl/α,β-unsaturated/α-hetero) is 1. The van der Waals surface area contributed by atoms with Crippen LogP contribution in [0.25, 0.3) is 0 Å². The lowest BCUT2D eigenvalue weighted by Crippen LogP contribution is -2.16. The highest BCUT2D eigenvalue weighted by Gasteiger charge is 2.18. The molecule has 26 heavy (non-hydrogen) atoms. The molecule has 0 bridgehead atoms. The van der Waals surface area contributed by atoms with Gasteiger partial charge in [-0.05, 0) is 42.2 Å². The number of nitro groups is 1. The molecule has 136 valence electrons. The molecule has 0 aliphatic carbocycles. The highest BCUT2D eigenvalue weighted by molar-refractivity contribution is 6.00. The maximum atomic E-state index is 12.5. The van der Waals surface area contributed by atoms with Crippen molar-refractivity contribution < 1.29 is 19.2 Å². The van der Waals surface area contributed by atoms with E-state index in [4.69, 9.17) is 10.5 Å². The SMILES string of the molecule is CCc1ccc(CC)c(C(=O)COC(=O)c2ccc(N)c([N+](=O)[O-])c2)c1. The van der Waals surface area contributed by atoms with Crippen molar-refractivity contribution >= 4 is 23.1 Å². The number of esters is 1. The number of nitro benzene ring substituents is 1. The van der Waals surface area contributed by atoms with Crippen molar-refractivity contribution in [2.24, 2.45) is 0 Å². The van der Waals surface area contributed by atoms with Crippen LogP contribution in [0.15, 0.2) is 36.4 Å². The summed E-state index contributed by atoms with van der Waals surface area (Å²) < 4.78 is 5.04. The predicted octanol–water partition coefficient (Wildman–Crippen LogP) is 3.34. The van der Waals surface area contributed by atoms with E-state index in [0.29, 0.717) is 12.0 Å². The van der Waals surface area contributed by atoms with E-state index in [1.54, 1.807) is 0 Å². The second-order valence-electron chi connectivity index (χ2n) is 5.73. The summed E-state index contributed by atoms with van der Waals surface area (Å²) in [5.74, 6) is -1.12. The average Bonchev–Trinajstić information content (AvgIpc) is 2.65. The first-order valence-corrected chi connectivity index (χ1v) is 8.23. The Morgan fingerprint density at radius 3 is 2.46 bits per heavy atom. The lowest BCUT2D eigenvalue weighted by molar-refractivity contribution is -0.383. The van der Waals surface area contributed by atoms with Crippen LogP contribution in [-0.2, 0) is 17.6 Å². The lowest BCUT2D eigenvalue weighted by atomic mass is 9.98. The molecule has 2 aromatic rings. The molecule has 2 aromatic carbocycles. The number of ether oxygens (including phenoxy) is 1. The number of anilines is 1. The largest absolute Gasteiger partial charge is 0.454 e. The number of carbonyl (C=O) groups is 2. The van der Waals surface area contributed by atoms with Crippen molar-refractivity contribution in [3.8, 4) is 0 Å². The number of benzene rings is 2. The Balaban J connectivity index is 2.14. The summed E-state index contributed by atoms with van der Waals surface area (Å²) in [5.41, 5.74) is 7.47. The molecule has 2 N–H and O–H groups in total. The van der Waals surface area contributed by atoms with Crippen LogP contribution in [0.1, 0.15) is 45.7 Å². The van der Waals surface area contributed by atoms with Gasteiger partial charge in [0, 0.05) is 11.6 Å². The van der Waals surface area contributed by atoms with Gasteiger partial charge in [0.15, 0.2) is 6.61 Å². The van der Waals surface area contributed by atoms with E-state index in [9.17, 15) is 19.7 Å². The Morgan fingerprint density at radius 1 is 1.12 bits per heavy atom. The molecule has 0 aliphatic heterocycles. The quantitative estimate of drug-likeness (QED) is 0.268. The van der Waals surface area contributed by atoms with Gasteiger partial charge in [-0.15, -0.1) is 0 Å². The number of hydrogen-bond donors (Lipinski definition) is 1. The first-order chi connectivity index (χ1) is 12.4. The molecule has 0 atom stereocenters. The predicted molar refractivity (Wildman–Crippen MR) is 97.3 cm³/mol. The third-order valence-corrected chi connectivity index (χ3v) is 4.06. The van der Waals surface area contributed by atoms with Crippen LogP contribution < -0.4 is 5.73 Å². The van der Waals surface area contributed by atoms with Gasteiger partial charge in [-0.1, -0.05) is 26.0 Å². The van der Waals surface area contributed by atoms with Gasteiger partial charge in [-0.3, -0.25) is 14.9 Å². The van der Waals surface area contributed by atoms with Crippen LogP contribution in [0.4, 0.5) is 11.4 Å². The number of nitrogens with two attached hydrogens (primary N) is 1. The third kappa shape index (κ3) is 4.24. The van der Waals surface area contributed by atoms with Gasteiger partial charge < -0.3 is 10.5 Å². The molecule has 0 unspecified atom stereocenters. The van der Waals surface area contributed by atoms with Crippen LogP contribution >= 0.6 is 0 Å². The fourth-order valence-corrected chi connectivity index (χ4v) is 2.53. The molecule has 7 heteroatoms. The maximum Gasteiger partial charge on any atom is 0.338 e. The normalized spacial score (nSPS) is 10.4. The number of hydrogen-bond acceptors (Lipinski definition) is 6. The standard InChI is InChI=1S/C19H20N2O5/c1-3-12-5-6-13(4-2)15(9-12)18(22)11-26-19(23)14-7-8-16(20)17(10-14)21(24)25/h5-10H,3-4,11,20H2,1-2H3. The molecule has 0 saturated heterocycles. The van der Waals surface area contributed by atoms with E-state index in [2.05, 4.69) is 0 Å². The number of aryl methyl sites for hydroxylation is 2. The van der Waals surface area contributed by atoms with E-state index < -0.39 is 17.5 Å². The number of rotatable bonds is 7. The maximum absolute atomic E-state index is 12.5. The molecule has 0 spiro atoms.